The highest BCUT2D eigenvalue weighted by Gasteiger charge is 2.32. The van der Waals surface area contributed by atoms with Crippen LogP contribution in [0.1, 0.15) is 52.9 Å². The molecule has 1 aliphatic carbocycles. The van der Waals surface area contributed by atoms with Crippen molar-refractivity contribution in [3.8, 4) is 0 Å². The molecule has 0 aliphatic heterocycles. The largest absolute Gasteiger partial charge is 0.460 e. The van der Waals surface area contributed by atoms with Crippen LogP contribution in [0.15, 0.2) is 12.7 Å². The van der Waals surface area contributed by atoms with E-state index in [9.17, 15) is 9.59 Å². The Morgan fingerprint density at radius 1 is 1.39 bits per heavy atom. The minimum Gasteiger partial charge on any atom is -0.460 e. The Bertz CT molecular complexity index is 325. The fourth-order valence-corrected chi connectivity index (χ4v) is 2.45. The number of rotatable bonds is 4. The second-order valence-electron chi connectivity index (χ2n) is 6.04. The zero-order valence-corrected chi connectivity index (χ0v) is 11.7. The lowest BCUT2D eigenvalue weighted by molar-refractivity contribution is -0.158. The number of carbonyl (C=O) groups is 2. The van der Waals surface area contributed by atoms with Crippen LogP contribution in [0, 0.1) is 11.8 Å². The van der Waals surface area contributed by atoms with Gasteiger partial charge in [0.15, 0.2) is 0 Å². The van der Waals surface area contributed by atoms with E-state index in [1.807, 2.05) is 20.8 Å². The van der Waals surface area contributed by atoms with E-state index in [0.717, 1.165) is 25.7 Å². The summed E-state index contributed by atoms with van der Waals surface area (Å²) in [5.41, 5.74) is -0.477. The number of hydrogen-bond acceptors (Lipinski definition) is 3. The first-order chi connectivity index (χ1) is 8.33. The van der Waals surface area contributed by atoms with E-state index in [4.69, 9.17) is 4.74 Å². The molecule has 0 aromatic carbocycles. The first-order valence-electron chi connectivity index (χ1n) is 6.70. The van der Waals surface area contributed by atoms with E-state index in [-0.39, 0.29) is 30.0 Å². The first-order valence-corrected chi connectivity index (χ1v) is 6.70. The average molecular weight is 252 g/mol. The van der Waals surface area contributed by atoms with Crippen LogP contribution in [0.4, 0.5) is 0 Å². The Morgan fingerprint density at radius 2 is 2.00 bits per heavy atom. The normalized spacial score (nSPS) is 24.7. The molecular formula is C15H24O3. The van der Waals surface area contributed by atoms with Gasteiger partial charge in [-0.3, -0.25) is 9.59 Å². The van der Waals surface area contributed by atoms with Gasteiger partial charge in [-0.2, -0.15) is 0 Å². The van der Waals surface area contributed by atoms with Crippen LogP contribution >= 0.6 is 0 Å². The van der Waals surface area contributed by atoms with E-state index < -0.39 is 5.60 Å². The van der Waals surface area contributed by atoms with Crippen molar-refractivity contribution in [1.82, 2.24) is 0 Å². The third-order valence-electron chi connectivity index (χ3n) is 3.19. The van der Waals surface area contributed by atoms with Gasteiger partial charge in [0.2, 0.25) is 0 Å². The van der Waals surface area contributed by atoms with Crippen LogP contribution in [0.5, 0.6) is 0 Å². The Kier molecular flexibility index (Phi) is 5.12. The van der Waals surface area contributed by atoms with Crippen molar-refractivity contribution < 1.29 is 14.3 Å². The van der Waals surface area contributed by atoms with E-state index in [1.165, 1.54) is 0 Å². The first kappa shape index (κ1) is 14.9. The van der Waals surface area contributed by atoms with Crippen molar-refractivity contribution >= 4 is 11.8 Å². The lowest BCUT2D eigenvalue weighted by Gasteiger charge is -2.27. The Labute approximate surface area is 110 Å². The van der Waals surface area contributed by atoms with Gasteiger partial charge in [0, 0.05) is 11.8 Å². The molecule has 3 heteroatoms. The quantitative estimate of drug-likeness (QED) is 0.569. The van der Waals surface area contributed by atoms with Gasteiger partial charge < -0.3 is 4.74 Å². The predicted molar refractivity (Wildman–Crippen MR) is 71.1 cm³/mol. The molecule has 0 heterocycles. The smallest absolute Gasteiger partial charge is 0.307 e. The third-order valence-corrected chi connectivity index (χ3v) is 3.19. The van der Waals surface area contributed by atoms with Crippen molar-refractivity contribution in [2.24, 2.45) is 11.8 Å². The highest BCUT2D eigenvalue weighted by molar-refractivity contribution is 5.87. The molecule has 0 saturated heterocycles. The summed E-state index contributed by atoms with van der Waals surface area (Å²) >= 11 is 0. The standard InChI is InChI=1S/C15H24O3/c1-5-7-11-8-6-9-12(14(11)17)10-13(16)18-15(2,3)4/h5,11-12H,1,6-10H2,2-4H3/t11?,12-/m0/s1. The highest BCUT2D eigenvalue weighted by atomic mass is 16.6. The van der Waals surface area contributed by atoms with Crippen molar-refractivity contribution in [2.75, 3.05) is 0 Å². The van der Waals surface area contributed by atoms with Gasteiger partial charge in [-0.15, -0.1) is 6.58 Å². The summed E-state index contributed by atoms with van der Waals surface area (Å²) in [7, 11) is 0. The summed E-state index contributed by atoms with van der Waals surface area (Å²) in [5.74, 6) is -0.144. The molecule has 3 nitrogen and oxygen atoms in total. The third kappa shape index (κ3) is 4.63. The Balaban J connectivity index is 2.53. The molecule has 102 valence electrons. The summed E-state index contributed by atoms with van der Waals surface area (Å²) in [6.45, 7) is 9.20. The van der Waals surface area contributed by atoms with E-state index in [0.29, 0.717) is 0 Å². The molecule has 0 spiro atoms. The van der Waals surface area contributed by atoms with Crippen molar-refractivity contribution in [2.45, 2.75) is 58.5 Å². The summed E-state index contributed by atoms with van der Waals surface area (Å²) in [6, 6.07) is 0. The van der Waals surface area contributed by atoms with Gasteiger partial charge in [-0.1, -0.05) is 12.5 Å². The number of Topliss-reactive ketones (excluding diaryl/α,β-unsaturated/α-hetero) is 1. The lowest BCUT2D eigenvalue weighted by Crippen LogP contribution is -2.32. The maximum absolute atomic E-state index is 12.2. The van der Waals surface area contributed by atoms with Gasteiger partial charge in [-0.05, 0) is 40.0 Å². The van der Waals surface area contributed by atoms with Crippen LogP contribution in [0.2, 0.25) is 0 Å². The zero-order valence-electron chi connectivity index (χ0n) is 11.7. The van der Waals surface area contributed by atoms with E-state index >= 15 is 0 Å². The number of esters is 1. The van der Waals surface area contributed by atoms with Crippen LogP contribution in [-0.2, 0) is 14.3 Å². The van der Waals surface area contributed by atoms with E-state index in [2.05, 4.69) is 6.58 Å². The van der Waals surface area contributed by atoms with Crippen molar-refractivity contribution in [3.05, 3.63) is 12.7 Å². The van der Waals surface area contributed by atoms with Gasteiger partial charge in [0.1, 0.15) is 11.4 Å². The molecule has 18 heavy (non-hydrogen) atoms. The molecule has 1 unspecified atom stereocenters. The number of ketones is 1. The molecule has 0 aromatic rings. The number of allylic oxidation sites excluding steroid dienone is 1. The predicted octanol–water partition coefficient (Wildman–Crippen LogP) is 3.28. The van der Waals surface area contributed by atoms with Crippen LogP contribution < -0.4 is 0 Å². The fraction of sp³-hybridized carbons (Fsp3) is 0.733. The molecule has 0 bridgehead atoms. The summed E-state index contributed by atoms with van der Waals surface area (Å²) in [4.78, 5) is 23.9. The Morgan fingerprint density at radius 3 is 2.56 bits per heavy atom. The summed E-state index contributed by atoms with van der Waals surface area (Å²) in [5, 5.41) is 0. The van der Waals surface area contributed by atoms with Crippen LogP contribution in [-0.4, -0.2) is 17.4 Å². The maximum Gasteiger partial charge on any atom is 0.307 e. The average Bonchev–Trinajstić information content (AvgIpc) is 2.21. The van der Waals surface area contributed by atoms with Gasteiger partial charge in [0.25, 0.3) is 0 Å². The molecule has 0 N–H and O–H groups in total. The molecule has 1 saturated carbocycles. The SMILES string of the molecule is C=CCC1CCC[C@@H](CC(=O)OC(C)(C)C)C1=O. The van der Waals surface area contributed by atoms with Crippen LogP contribution in [0.25, 0.3) is 0 Å². The molecule has 2 atom stereocenters. The molecule has 0 amide bonds. The minimum absolute atomic E-state index is 0.0590. The summed E-state index contributed by atoms with van der Waals surface area (Å²) in [6.07, 6.45) is 5.49. The molecule has 0 aromatic heterocycles. The topological polar surface area (TPSA) is 43.4 Å². The molecule has 1 fully saturated rings. The van der Waals surface area contributed by atoms with Gasteiger partial charge in [0.05, 0.1) is 6.42 Å². The lowest BCUT2D eigenvalue weighted by atomic mass is 9.77. The monoisotopic (exact) mass is 252 g/mol. The Hall–Kier alpha value is -1.12. The second kappa shape index (κ2) is 6.17. The molecular weight excluding hydrogens is 228 g/mol. The van der Waals surface area contributed by atoms with Crippen molar-refractivity contribution in [3.63, 3.8) is 0 Å². The van der Waals surface area contributed by atoms with Crippen molar-refractivity contribution in [1.29, 1.82) is 0 Å². The second-order valence-corrected chi connectivity index (χ2v) is 6.04. The van der Waals surface area contributed by atoms with Gasteiger partial charge in [-0.25, -0.2) is 0 Å². The van der Waals surface area contributed by atoms with Crippen LogP contribution in [0.3, 0.4) is 0 Å². The minimum atomic E-state index is -0.477. The summed E-state index contributed by atoms with van der Waals surface area (Å²) < 4.78 is 5.27. The number of ether oxygens (including phenoxy) is 1. The fourth-order valence-electron chi connectivity index (χ4n) is 2.45. The van der Waals surface area contributed by atoms with E-state index in [1.54, 1.807) is 6.08 Å². The van der Waals surface area contributed by atoms with Gasteiger partial charge >= 0.3 is 5.97 Å². The zero-order chi connectivity index (χ0) is 13.8. The molecule has 1 aliphatic rings. The molecule has 0 radical (unpaired) electrons. The maximum atomic E-state index is 12.2. The number of hydrogen-bond donors (Lipinski definition) is 0. The molecule has 1 rings (SSSR count). The highest BCUT2D eigenvalue weighted by Crippen LogP contribution is 2.30. The number of carbonyl (C=O) groups excluding carboxylic acids is 2.